The van der Waals surface area contributed by atoms with Crippen molar-refractivity contribution in [2.24, 2.45) is 10.7 Å². The van der Waals surface area contributed by atoms with E-state index in [0.717, 1.165) is 12.8 Å². The molecule has 5 nitrogen and oxygen atoms in total. The van der Waals surface area contributed by atoms with Crippen molar-refractivity contribution in [2.75, 3.05) is 12.3 Å². The van der Waals surface area contributed by atoms with Gasteiger partial charge in [0, 0.05) is 6.04 Å². The first-order valence-corrected chi connectivity index (χ1v) is 9.16. The number of nitrogens with zero attached hydrogens (tertiary/aromatic N) is 1. The second-order valence-electron chi connectivity index (χ2n) is 6.53. The van der Waals surface area contributed by atoms with E-state index in [9.17, 15) is 8.42 Å². The Labute approximate surface area is 146 Å². The van der Waals surface area contributed by atoms with Crippen LogP contribution >= 0.6 is 24.0 Å². The Kier molecular flexibility index (Phi) is 9.15. The molecule has 0 aromatic heterocycles. The van der Waals surface area contributed by atoms with Crippen molar-refractivity contribution in [3.8, 4) is 0 Å². The fourth-order valence-corrected chi connectivity index (χ4v) is 3.21. The Morgan fingerprint density at radius 1 is 1.19 bits per heavy atom. The zero-order valence-electron chi connectivity index (χ0n) is 13.4. The molecule has 0 atom stereocenters. The Balaban J connectivity index is 0.00000400. The Bertz CT molecular complexity index is 422. The summed E-state index contributed by atoms with van der Waals surface area (Å²) in [5.41, 5.74) is 5.84. The Morgan fingerprint density at radius 2 is 1.71 bits per heavy atom. The van der Waals surface area contributed by atoms with Crippen LogP contribution in [0.3, 0.4) is 0 Å². The van der Waals surface area contributed by atoms with Crippen LogP contribution < -0.4 is 11.1 Å². The highest BCUT2D eigenvalue weighted by Crippen LogP contribution is 2.17. The van der Waals surface area contributed by atoms with Crippen molar-refractivity contribution >= 4 is 39.8 Å². The quantitative estimate of drug-likeness (QED) is 0.310. The van der Waals surface area contributed by atoms with Gasteiger partial charge in [-0.05, 0) is 33.6 Å². The van der Waals surface area contributed by atoms with Crippen molar-refractivity contribution in [1.29, 1.82) is 0 Å². The van der Waals surface area contributed by atoms with Crippen LogP contribution in [0.25, 0.3) is 0 Å². The highest BCUT2D eigenvalue weighted by Gasteiger charge is 2.28. The molecule has 0 aromatic rings. The van der Waals surface area contributed by atoms with E-state index >= 15 is 0 Å². The molecule has 7 heteroatoms. The number of nitrogens with two attached hydrogens (primary N) is 1. The third-order valence-corrected chi connectivity index (χ3v) is 6.37. The number of aliphatic imine (C=N–C) groups is 1. The van der Waals surface area contributed by atoms with Crippen molar-refractivity contribution in [2.45, 2.75) is 70.1 Å². The molecule has 0 unspecified atom stereocenters. The highest BCUT2D eigenvalue weighted by atomic mass is 127. The Hall–Kier alpha value is -0.0500. The van der Waals surface area contributed by atoms with Gasteiger partial charge in [0.15, 0.2) is 15.8 Å². The average Bonchev–Trinajstić information content (AvgIpc) is 2.55. The number of nitrogens with one attached hydrogen (secondary N) is 1. The number of sulfone groups is 1. The summed E-state index contributed by atoms with van der Waals surface area (Å²) in [6, 6.07) is 0.389. The molecular formula is C14H30IN3O2S. The molecule has 0 saturated heterocycles. The SMILES string of the molecule is CC(C)(C)S(=O)(=O)CCN=C(N)NC1CCCCCC1.I. The molecule has 0 aromatic carbocycles. The van der Waals surface area contributed by atoms with Gasteiger partial charge in [-0.15, -0.1) is 24.0 Å². The molecule has 1 saturated carbocycles. The van der Waals surface area contributed by atoms with Crippen LogP contribution in [0.5, 0.6) is 0 Å². The molecule has 1 fully saturated rings. The number of halogens is 1. The lowest BCUT2D eigenvalue weighted by molar-refractivity contribution is 0.530. The molecule has 1 aliphatic carbocycles. The first-order valence-electron chi connectivity index (χ1n) is 7.51. The van der Waals surface area contributed by atoms with Crippen molar-refractivity contribution < 1.29 is 8.42 Å². The minimum absolute atomic E-state index is 0. The van der Waals surface area contributed by atoms with E-state index in [2.05, 4.69) is 10.3 Å². The minimum Gasteiger partial charge on any atom is -0.370 e. The molecule has 0 bridgehead atoms. The van der Waals surface area contributed by atoms with Crippen LogP contribution in [-0.4, -0.2) is 37.5 Å². The van der Waals surface area contributed by atoms with Gasteiger partial charge in [0.25, 0.3) is 0 Å². The van der Waals surface area contributed by atoms with E-state index in [0.29, 0.717) is 12.0 Å². The number of guanidine groups is 1. The maximum atomic E-state index is 11.9. The highest BCUT2D eigenvalue weighted by molar-refractivity contribution is 14.0. The van der Waals surface area contributed by atoms with Gasteiger partial charge in [0.2, 0.25) is 0 Å². The molecule has 126 valence electrons. The van der Waals surface area contributed by atoms with Gasteiger partial charge in [-0.3, -0.25) is 4.99 Å². The smallest absolute Gasteiger partial charge is 0.188 e. The predicted molar refractivity (Wildman–Crippen MR) is 100 cm³/mol. The van der Waals surface area contributed by atoms with Crippen LogP contribution in [0.1, 0.15) is 59.3 Å². The van der Waals surface area contributed by atoms with Crippen LogP contribution in [-0.2, 0) is 9.84 Å². The van der Waals surface area contributed by atoms with Crippen molar-refractivity contribution in [3.63, 3.8) is 0 Å². The van der Waals surface area contributed by atoms with Gasteiger partial charge in [-0.25, -0.2) is 8.42 Å². The molecule has 0 heterocycles. The van der Waals surface area contributed by atoms with E-state index in [-0.39, 0.29) is 36.3 Å². The summed E-state index contributed by atoms with van der Waals surface area (Å²) >= 11 is 0. The summed E-state index contributed by atoms with van der Waals surface area (Å²) < 4.78 is 23.1. The van der Waals surface area contributed by atoms with Crippen molar-refractivity contribution in [3.05, 3.63) is 0 Å². The Morgan fingerprint density at radius 3 is 2.19 bits per heavy atom. The molecule has 1 rings (SSSR count). The average molecular weight is 431 g/mol. The van der Waals surface area contributed by atoms with Crippen LogP contribution in [0.4, 0.5) is 0 Å². The van der Waals surface area contributed by atoms with Gasteiger partial charge in [0.1, 0.15) is 0 Å². The second-order valence-corrected chi connectivity index (χ2v) is 9.39. The van der Waals surface area contributed by atoms with E-state index < -0.39 is 14.6 Å². The lowest BCUT2D eigenvalue weighted by atomic mass is 10.1. The summed E-state index contributed by atoms with van der Waals surface area (Å²) in [6.45, 7) is 5.35. The first kappa shape index (κ1) is 20.9. The first-order chi connectivity index (χ1) is 9.22. The summed E-state index contributed by atoms with van der Waals surface area (Å²) in [7, 11) is -3.12. The molecule has 0 amide bonds. The van der Waals surface area contributed by atoms with E-state index in [1.54, 1.807) is 20.8 Å². The molecular weight excluding hydrogens is 401 g/mol. The largest absolute Gasteiger partial charge is 0.370 e. The third kappa shape index (κ3) is 7.67. The molecule has 21 heavy (non-hydrogen) atoms. The number of hydrogen-bond donors (Lipinski definition) is 2. The fourth-order valence-electron chi connectivity index (χ4n) is 2.27. The fraction of sp³-hybridized carbons (Fsp3) is 0.929. The zero-order valence-corrected chi connectivity index (χ0v) is 16.5. The van der Waals surface area contributed by atoms with Gasteiger partial charge in [-0.1, -0.05) is 25.7 Å². The predicted octanol–water partition coefficient (Wildman–Crippen LogP) is 2.44. The van der Waals surface area contributed by atoms with Gasteiger partial charge in [0.05, 0.1) is 17.0 Å². The van der Waals surface area contributed by atoms with E-state index in [4.69, 9.17) is 5.73 Å². The van der Waals surface area contributed by atoms with Gasteiger partial charge < -0.3 is 11.1 Å². The molecule has 1 aliphatic rings. The normalized spacial score (nSPS) is 18.7. The maximum Gasteiger partial charge on any atom is 0.188 e. The van der Waals surface area contributed by atoms with E-state index in [1.165, 1.54) is 25.7 Å². The van der Waals surface area contributed by atoms with Gasteiger partial charge in [-0.2, -0.15) is 0 Å². The maximum absolute atomic E-state index is 11.9. The standard InChI is InChI=1S/C14H29N3O2S.HI/c1-14(2,3)20(18,19)11-10-16-13(15)17-12-8-6-4-5-7-9-12;/h12H,4-11H2,1-3H3,(H3,15,16,17);1H. The van der Waals surface area contributed by atoms with Gasteiger partial charge >= 0.3 is 0 Å². The van der Waals surface area contributed by atoms with Crippen molar-refractivity contribution in [1.82, 2.24) is 5.32 Å². The zero-order chi connectivity index (χ0) is 15.2. The topological polar surface area (TPSA) is 84.5 Å². The monoisotopic (exact) mass is 431 g/mol. The number of rotatable bonds is 4. The summed E-state index contributed by atoms with van der Waals surface area (Å²) in [5.74, 6) is 0.421. The summed E-state index contributed by atoms with van der Waals surface area (Å²) in [6.07, 6.45) is 7.28. The number of hydrogen-bond acceptors (Lipinski definition) is 3. The second kappa shape index (κ2) is 9.17. The van der Waals surface area contributed by atoms with Crippen LogP contribution in [0.15, 0.2) is 4.99 Å². The molecule has 0 spiro atoms. The third-order valence-electron chi connectivity index (χ3n) is 3.78. The molecule has 0 aliphatic heterocycles. The minimum atomic E-state index is -3.12. The lowest BCUT2D eigenvalue weighted by Crippen LogP contribution is -2.40. The summed E-state index contributed by atoms with van der Waals surface area (Å²) in [4.78, 5) is 4.15. The van der Waals surface area contributed by atoms with E-state index in [1.807, 2.05) is 0 Å². The molecule has 3 N–H and O–H groups in total. The van der Waals surface area contributed by atoms with Crippen LogP contribution in [0, 0.1) is 0 Å². The van der Waals surface area contributed by atoms with Crippen LogP contribution in [0.2, 0.25) is 0 Å². The molecule has 0 radical (unpaired) electrons. The summed E-state index contributed by atoms with van der Waals surface area (Å²) in [5, 5.41) is 3.22. The lowest BCUT2D eigenvalue weighted by Gasteiger charge is -2.19.